The van der Waals surface area contributed by atoms with Crippen LogP contribution >= 0.6 is 0 Å². The van der Waals surface area contributed by atoms with E-state index in [1.165, 1.54) is 6.92 Å². The molecule has 0 unspecified atom stereocenters. The van der Waals surface area contributed by atoms with Gasteiger partial charge in [-0.3, -0.25) is 0 Å². The van der Waals surface area contributed by atoms with Gasteiger partial charge in [0, 0.05) is 28.6 Å². The quantitative estimate of drug-likeness (QED) is 0.271. The van der Waals surface area contributed by atoms with Crippen LogP contribution in [0.15, 0.2) is 0 Å². The zero-order chi connectivity index (χ0) is 3.91. The van der Waals surface area contributed by atoms with Gasteiger partial charge in [-0.25, -0.2) is 0 Å². The predicted octanol–water partition coefficient (Wildman–Crippen LogP) is -0.388. The van der Waals surface area contributed by atoms with Gasteiger partial charge in [-0.15, -0.1) is 0 Å². The van der Waals surface area contributed by atoms with Crippen molar-refractivity contribution in [1.82, 2.24) is 0 Å². The van der Waals surface area contributed by atoms with E-state index >= 15 is 0 Å². The maximum absolute atomic E-state index is 8.19. The maximum Gasteiger partial charge on any atom is 0.334 e. The van der Waals surface area contributed by atoms with Crippen LogP contribution in [0.3, 0.4) is 0 Å². The fraction of sp³-hybridized carbons (Fsp3) is 1.00. The van der Waals surface area contributed by atoms with Crippen LogP contribution in [0.5, 0.6) is 0 Å². The van der Waals surface area contributed by atoms with Gasteiger partial charge in [0.05, 0.1) is 0 Å². The molecular weight excluding hydrogens is 120 g/mol. The summed E-state index contributed by atoms with van der Waals surface area (Å²) < 4.78 is 0. The molecule has 0 spiro atoms. The number of rotatable bonds is 0. The molecular formula is C2H4O3Ti. The fourth-order valence-corrected chi connectivity index (χ4v) is 0.0603. The minimum Gasteiger partial charge on any atom is -0.340 e. The Morgan fingerprint density at radius 3 is 1.67 bits per heavy atom. The molecule has 1 heterocycles. The Morgan fingerprint density at radius 1 is 1.50 bits per heavy atom. The summed E-state index contributed by atoms with van der Waals surface area (Å²) in [6.45, 7) is 1.41. The van der Waals surface area contributed by atoms with Crippen LogP contribution in [0.4, 0.5) is 0 Å². The van der Waals surface area contributed by atoms with Crippen molar-refractivity contribution >= 4 is 0 Å². The van der Waals surface area contributed by atoms with Gasteiger partial charge in [0.1, 0.15) is 0 Å². The van der Waals surface area contributed by atoms with Crippen LogP contribution in [0.25, 0.3) is 0 Å². The van der Waals surface area contributed by atoms with Crippen molar-refractivity contribution < 1.29 is 36.6 Å². The Bertz CT molecular complexity index is 46.8. The van der Waals surface area contributed by atoms with Gasteiger partial charge in [-0.1, -0.05) is 0 Å². The summed E-state index contributed by atoms with van der Waals surface area (Å²) in [4.78, 5) is 7.90. The molecule has 1 N–H and O–H groups in total. The predicted molar refractivity (Wildman–Crippen MR) is 12.8 cm³/mol. The molecule has 4 heteroatoms. The zero-order valence-electron chi connectivity index (χ0n) is 3.26. The van der Waals surface area contributed by atoms with Gasteiger partial charge >= 0.3 is 5.97 Å². The summed E-state index contributed by atoms with van der Waals surface area (Å²) in [5.41, 5.74) is 0. The standard InChI is InChI=1S/C2H4O3.Ti/c1-2(3)4-5-2;/h3H,1H3;. The molecule has 0 amide bonds. The van der Waals surface area contributed by atoms with Crippen molar-refractivity contribution in [2.45, 2.75) is 12.9 Å². The van der Waals surface area contributed by atoms with Gasteiger partial charge < -0.3 is 5.11 Å². The van der Waals surface area contributed by atoms with Gasteiger partial charge in [0.2, 0.25) is 0 Å². The largest absolute Gasteiger partial charge is 0.340 e. The second kappa shape index (κ2) is 1.60. The van der Waals surface area contributed by atoms with Crippen LogP contribution in [-0.4, -0.2) is 11.1 Å². The first-order valence-corrected chi connectivity index (χ1v) is 1.30. The average molecular weight is 124 g/mol. The van der Waals surface area contributed by atoms with Crippen molar-refractivity contribution in [3.05, 3.63) is 0 Å². The van der Waals surface area contributed by atoms with Crippen molar-refractivity contribution in [2.75, 3.05) is 0 Å². The van der Waals surface area contributed by atoms with Gasteiger partial charge in [-0.2, -0.15) is 9.78 Å². The third-order valence-electron chi connectivity index (χ3n) is 0.325. The first-order valence-electron chi connectivity index (χ1n) is 1.30. The van der Waals surface area contributed by atoms with E-state index in [-0.39, 0.29) is 21.7 Å². The van der Waals surface area contributed by atoms with E-state index < -0.39 is 5.97 Å². The minimum atomic E-state index is -1.25. The van der Waals surface area contributed by atoms with Crippen LogP contribution in [0.1, 0.15) is 6.92 Å². The molecule has 3 nitrogen and oxygen atoms in total. The Kier molecular flexibility index (Phi) is 1.76. The van der Waals surface area contributed by atoms with E-state index in [0.717, 1.165) is 0 Å². The normalized spacial score (nSPS) is 25.0. The second-order valence-electron chi connectivity index (χ2n) is 1.06. The van der Waals surface area contributed by atoms with Gasteiger partial charge in [0.15, 0.2) is 0 Å². The number of hydrogen-bond acceptors (Lipinski definition) is 3. The van der Waals surface area contributed by atoms with Gasteiger partial charge in [-0.05, 0) is 0 Å². The molecule has 1 fully saturated rings. The van der Waals surface area contributed by atoms with Crippen molar-refractivity contribution in [3.63, 3.8) is 0 Å². The van der Waals surface area contributed by atoms with E-state index in [0.29, 0.717) is 0 Å². The third-order valence-corrected chi connectivity index (χ3v) is 0.325. The molecule has 0 atom stereocenters. The summed E-state index contributed by atoms with van der Waals surface area (Å²) >= 11 is 0. The first kappa shape index (κ1) is 6.59. The Labute approximate surface area is 50.1 Å². The SMILES string of the molecule is CC1(O)OO1.[Ti]. The third kappa shape index (κ3) is 1.90. The van der Waals surface area contributed by atoms with E-state index in [9.17, 15) is 0 Å². The fourth-order valence-electron chi connectivity index (χ4n) is 0.0603. The summed E-state index contributed by atoms with van der Waals surface area (Å²) in [6.07, 6.45) is 0. The molecule has 0 bridgehead atoms. The molecule has 0 aliphatic carbocycles. The molecule has 0 aromatic rings. The molecule has 6 heavy (non-hydrogen) atoms. The van der Waals surface area contributed by atoms with Crippen LogP contribution in [0.2, 0.25) is 0 Å². The molecule has 1 aliphatic rings. The molecule has 0 aromatic heterocycles. The Hall–Kier alpha value is 0.594. The zero-order valence-corrected chi connectivity index (χ0v) is 4.83. The number of hydrogen-bond donors (Lipinski definition) is 1. The Balaban J connectivity index is 0.000000250. The van der Waals surface area contributed by atoms with Crippen molar-refractivity contribution in [1.29, 1.82) is 0 Å². The monoisotopic (exact) mass is 124 g/mol. The molecule has 1 saturated heterocycles. The summed E-state index contributed by atoms with van der Waals surface area (Å²) in [6, 6.07) is 0. The van der Waals surface area contributed by atoms with Crippen LogP contribution in [0, 0.1) is 0 Å². The molecule has 0 radical (unpaired) electrons. The maximum atomic E-state index is 8.19. The van der Waals surface area contributed by atoms with Crippen LogP contribution < -0.4 is 0 Å². The van der Waals surface area contributed by atoms with Crippen LogP contribution in [-0.2, 0) is 31.5 Å². The van der Waals surface area contributed by atoms with E-state index in [1.54, 1.807) is 0 Å². The molecule has 1 rings (SSSR count). The average Bonchev–Trinajstić information content (AvgIpc) is 1.76. The number of aliphatic hydroxyl groups is 1. The summed E-state index contributed by atoms with van der Waals surface area (Å²) in [7, 11) is 0. The van der Waals surface area contributed by atoms with E-state index in [1.807, 2.05) is 0 Å². The first-order chi connectivity index (χ1) is 2.21. The molecule has 34 valence electrons. The molecule has 0 aromatic carbocycles. The molecule has 1 aliphatic heterocycles. The van der Waals surface area contributed by atoms with Crippen molar-refractivity contribution in [3.8, 4) is 0 Å². The minimum absolute atomic E-state index is 0. The molecule has 0 saturated carbocycles. The summed E-state index contributed by atoms with van der Waals surface area (Å²) in [5.74, 6) is -1.25. The van der Waals surface area contributed by atoms with E-state index in [4.69, 9.17) is 5.11 Å². The van der Waals surface area contributed by atoms with Crippen molar-refractivity contribution in [2.24, 2.45) is 0 Å². The topological polar surface area (TPSA) is 45.3 Å². The Morgan fingerprint density at radius 2 is 1.67 bits per heavy atom. The van der Waals surface area contributed by atoms with Gasteiger partial charge in [0.25, 0.3) is 0 Å². The van der Waals surface area contributed by atoms with E-state index in [2.05, 4.69) is 9.78 Å². The smallest absolute Gasteiger partial charge is 0.334 e. The second-order valence-corrected chi connectivity index (χ2v) is 1.06. The summed E-state index contributed by atoms with van der Waals surface area (Å²) in [5, 5.41) is 8.19.